The van der Waals surface area contributed by atoms with E-state index < -0.39 is 0 Å². The first-order valence-corrected chi connectivity index (χ1v) is 6.96. The second-order valence-electron chi connectivity index (χ2n) is 4.04. The van der Waals surface area contributed by atoms with Crippen LogP contribution in [0.15, 0.2) is 41.1 Å². The highest BCUT2D eigenvalue weighted by Gasteiger charge is 2.00. The molecule has 0 radical (unpaired) electrons. The smallest absolute Gasteiger partial charge is 0.232 e. The van der Waals surface area contributed by atoms with E-state index in [1.165, 1.54) is 0 Å². The van der Waals surface area contributed by atoms with Gasteiger partial charge in [0.2, 0.25) is 5.88 Å². The third-order valence-electron chi connectivity index (χ3n) is 2.52. The van der Waals surface area contributed by atoms with Crippen molar-refractivity contribution in [2.45, 2.75) is 20.1 Å². The molecule has 0 atom stereocenters. The normalized spacial score (nSPS) is 10.4. The van der Waals surface area contributed by atoms with Gasteiger partial charge in [0.15, 0.2) is 0 Å². The molecule has 0 amide bonds. The van der Waals surface area contributed by atoms with Gasteiger partial charge in [-0.1, -0.05) is 35.0 Å². The van der Waals surface area contributed by atoms with E-state index >= 15 is 0 Å². The molecule has 0 spiro atoms. The van der Waals surface area contributed by atoms with Crippen LogP contribution >= 0.6 is 15.9 Å². The zero-order valence-electron chi connectivity index (χ0n) is 10.8. The van der Waals surface area contributed by atoms with Crippen molar-refractivity contribution < 1.29 is 4.74 Å². The summed E-state index contributed by atoms with van der Waals surface area (Å²) in [6.45, 7) is 4.17. The molecule has 1 aromatic carbocycles. The van der Waals surface area contributed by atoms with E-state index in [0.717, 1.165) is 22.3 Å². The molecule has 2 rings (SSSR count). The molecular weight excluding hydrogens is 306 g/mol. The summed E-state index contributed by atoms with van der Waals surface area (Å²) < 4.78 is 6.69. The molecule has 0 unspecified atom stereocenters. The Morgan fingerprint density at radius 2 is 2.00 bits per heavy atom. The highest BCUT2D eigenvalue weighted by atomic mass is 79.9. The van der Waals surface area contributed by atoms with E-state index in [-0.39, 0.29) is 0 Å². The summed E-state index contributed by atoms with van der Waals surface area (Å²) in [5.74, 6) is 0.554. The van der Waals surface area contributed by atoms with Gasteiger partial charge in [-0.25, -0.2) is 4.98 Å². The molecule has 0 aliphatic rings. The van der Waals surface area contributed by atoms with Crippen LogP contribution in [0.25, 0.3) is 0 Å². The average Bonchev–Trinajstić information content (AvgIpc) is 2.45. The summed E-state index contributed by atoms with van der Waals surface area (Å²) in [4.78, 5) is 8.52. The number of nitrogens with one attached hydrogen (secondary N) is 1. The highest BCUT2D eigenvalue weighted by molar-refractivity contribution is 9.10. The predicted molar refractivity (Wildman–Crippen MR) is 77.9 cm³/mol. The van der Waals surface area contributed by atoms with Crippen molar-refractivity contribution >= 4 is 15.9 Å². The summed E-state index contributed by atoms with van der Waals surface area (Å²) in [6, 6.07) is 8.01. The number of aromatic nitrogens is 2. The number of hydrogen-bond donors (Lipinski definition) is 1. The monoisotopic (exact) mass is 321 g/mol. The summed E-state index contributed by atoms with van der Waals surface area (Å²) in [6.07, 6.45) is 3.38. The van der Waals surface area contributed by atoms with Crippen LogP contribution < -0.4 is 10.1 Å². The van der Waals surface area contributed by atoms with Gasteiger partial charge in [-0.2, -0.15) is 0 Å². The van der Waals surface area contributed by atoms with Crippen molar-refractivity contribution in [3.05, 3.63) is 52.4 Å². The van der Waals surface area contributed by atoms with Crippen molar-refractivity contribution in [1.82, 2.24) is 15.3 Å². The van der Waals surface area contributed by atoms with Gasteiger partial charge in [0.25, 0.3) is 0 Å². The third kappa shape index (κ3) is 4.61. The van der Waals surface area contributed by atoms with Gasteiger partial charge in [-0.15, -0.1) is 0 Å². The maximum Gasteiger partial charge on any atom is 0.232 e. The Labute approximate surface area is 121 Å². The van der Waals surface area contributed by atoms with E-state index in [0.29, 0.717) is 19.0 Å². The number of nitrogens with zero attached hydrogens (tertiary/aromatic N) is 2. The van der Waals surface area contributed by atoms with Crippen LogP contribution in [0, 0.1) is 0 Å². The molecule has 1 N–H and O–H groups in total. The van der Waals surface area contributed by atoms with Crippen molar-refractivity contribution in [1.29, 1.82) is 0 Å². The maximum atomic E-state index is 5.64. The van der Waals surface area contributed by atoms with E-state index in [2.05, 4.69) is 38.1 Å². The molecule has 100 valence electrons. The molecule has 0 saturated carbocycles. The highest BCUT2D eigenvalue weighted by Crippen LogP contribution is 2.13. The second-order valence-corrected chi connectivity index (χ2v) is 4.96. The van der Waals surface area contributed by atoms with E-state index in [9.17, 15) is 0 Å². The largest absolute Gasteiger partial charge is 0.472 e. The Hall–Kier alpha value is -1.46. The Morgan fingerprint density at radius 3 is 2.74 bits per heavy atom. The molecular formula is C14H16BrN3O. The molecule has 0 aliphatic carbocycles. The van der Waals surface area contributed by atoms with Gasteiger partial charge in [0.1, 0.15) is 6.61 Å². The van der Waals surface area contributed by atoms with Crippen LogP contribution in [0.3, 0.4) is 0 Å². The van der Waals surface area contributed by atoms with Crippen LogP contribution in [0.1, 0.15) is 18.2 Å². The van der Waals surface area contributed by atoms with Gasteiger partial charge in [0, 0.05) is 17.2 Å². The summed E-state index contributed by atoms with van der Waals surface area (Å²) in [5, 5.41) is 3.21. The summed E-state index contributed by atoms with van der Waals surface area (Å²) in [7, 11) is 0. The zero-order valence-corrected chi connectivity index (χ0v) is 12.4. The van der Waals surface area contributed by atoms with Crippen molar-refractivity contribution in [3.8, 4) is 5.88 Å². The van der Waals surface area contributed by atoms with Gasteiger partial charge < -0.3 is 10.1 Å². The molecule has 5 heteroatoms. The Morgan fingerprint density at radius 1 is 1.21 bits per heavy atom. The van der Waals surface area contributed by atoms with E-state index in [1.807, 2.05) is 24.3 Å². The van der Waals surface area contributed by atoms with Crippen molar-refractivity contribution in [2.24, 2.45) is 0 Å². The van der Waals surface area contributed by atoms with Gasteiger partial charge in [-0.05, 0) is 24.2 Å². The van der Waals surface area contributed by atoms with Gasteiger partial charge >= 0.3 is 0 Å². The van der Waals surface area contributed by atoms with Crippen LogP contribution in [0.4, 0.5) is 0 Å². The lowest BCUT2D eigenvalue weighted by molar-refractivity contribution is 0.291. The Balaban J connectivity index is 1.93. The predicted octanol–water partition coefficient (Wildman–Crippen LogP) is 2.93. The minimum Gasteiger partial charge on any atom is -0.472 e. The average molecular weight is 322 g/mol. The number of ether oxygens (including phenoxy) is 1. The lowest BCUT2D eigenvalue weighted by Crippen LogP contribution is -2.13. The molecule has 1 aromatic heterocycles. The van der Waals surface area contributed by atoms with E-state index in [1.54, 1.807) is 12.4 Å². The molecule has 0 aliphatic heterocycles. The summed E-state index contributed by atoms with van der Waals surface area (Å²) >= 11 is 3.40. The molecule has 4 nitrogen and oxygen atoms in total. The number of halogens is 1. The summed E-state index contributed by atoms with van der Waals surface area (Å²) in [5.41, 5.74) is 1.98. The Kier molecular flexibility index (Phi) is 5.30. The molecule has 2 aromatic rings. The van der Waals surface area contributed by atoms with Crippen LogP contribution in [0.2, 0.25) is 0 Å². The molecule has 1 heterocycles. The van der Waals surface area contributed by atoms with Crippen LogP contribution in [0.5, 0.6) is 5.88 Å². The number of rotatable bonds is 6. The number of hydrogen-bond acceptors (Lipinski definition) is 4. The first kappa shape index (κ1) is 14.0. The van der Waals surface area contributed by atoms with Crippen molar-refractivity contribution in [3.63, 3.8) is 0 Å². The fourth-order valence-corrected chi connectivity index (χ4v) is 1.80. The third-order valence-corrected chi connectivity index (χ3v) is 3.05. The minimum atomic E-state index is 0.493. The maximum absolute atomic E-state index is 5.64. The molecule has 0 saturated heterocycles. The first-order valence-electron chi connectivity index (χ1n) is 6.17. The standard InChI is InChI=1S/C14H16BrN3O/c1-2-16-7-13-8-17-9-14(18-13)19-10-11-3-5-12(15)6-4-11/h3-6,8-9,16H,2,7,10H2,1H3. The molecule has 19 heavy (non-hydrogen) atoms. The Bertz CT molecular complexity index is 516. The zero-order chi connectivity index (χ0) is 13.5. The lowest BCUT2D eigenvalue weighted by Gasteiger charge is -2.07. The SMILES string of the molecule is CCNCc1cncc(OCc2ccc(Br)cc2)n1. The van der Waals surface area contributed by atoms with Crippen LogP contribution in [-0.2, 0) is 13.2 Å². The topological polar surface area (TPSA) is 47.0 Å². The second kappa shape index (κ2) is 7.21. The first-order chi connectivity index (χ1) is 9.28. The van der Waals surface area contributed by atoms with E-state index in [4.69, 9.17) is 4.74 Å². The fraction of sp³-hybridized carbons (Fsp3) is 0.286. The number of benzene rings is 1. The quantitative estimate of drug-likeness (QED) is 0.888. The van der Waals surface area contributed by atoms with Gasteiger partial charge in [0.05, 0.1) is 11.9 Å². The van der Waals surface area contributed by atoms with Gasteiger partial charge in [-0.3, -0.25) is 4.98 Å². The van der Waals surface area contributed by atoms with Crippen molar-refractivity contribution in [2.75, 3.05) is 6.54 Å². The molecule has 0 bridgehead atoms. The molecule has 0 fully saturated rings. The fourth-order valence-electron chi connectivity index (χ4n) is 1.53. The van der Waals surface area contributed by atoms with Crippen LogP contribution in [-0.4, -0.2) is 16.5 Å². The minimum absolute atomic E-state index is 0.493. The lowest BCUT2D eigenvalue weighted by atomic mass is 10.2.